The Hall–Kier alpha value is -2.19. The summed E-state index contributed by atoms with van der Waals surface area (Å²) in [4.78, 5) is 31.9. The minimum atomic E-state index is -0.753. The van der Waals surface area contributed by atoms with Crippen molar-refractivity contribution in [1.82, 2.24) is 9.55 Å². The molecule has 0 radical (unpaired) electrons. The lowest BCUT2D eigenvalue weighted by molar-refractivity contribution is -0.119. The maximum atomic E-state index is 13.0. The molecular weight excluding hydrogens is 373 g/mol. The van der Waals surface area contributed by atoms with E-state index in [2.05, 4.69) is 10.3 Å². The molecule has 136 valence electrons. The van der Waals surface area contributed by atoms with Gasteiger partial charge in [-0.2, -0.15) is 0 Å². The fraction of sp³-hybridized carbons (Fsp3) is 0.278. The minimum Gasteiger partial charge on any atom is -0.324 e. The van der Waals surface area contributed by atoms with E-state index in [9.17, 15) is 14.0 Å². The molecule has 2 heterocycles. The number of carbonyl (C=O) groups is 1. The maximum absolute atomic E-state index is 13.0. The van der Waals surface area contributed by atoms with E-state index in [0.29, 0.717) is 21.1 Å². The van der Waals surface area contributed by atoms with Gasteiger partial charge in [-0.15, -0.1) is 11.3 Å². The molecule has 26 heavy (non-hydrogen) atoms. The molecule has 0 bridgehead atoms. The smallest absolute Gasteiger partial charge is 0.263 e. The van der Waals surface area contributed by atoms with Crippen molar-refractivity contribution in [2.24, 2.45) is 0 Å². The highest BCUT2D eigenvalue weighted by Gasteiger charge is 2.22. The van der Waals surface area contributed by atoms with Crippen LogP contribution in [0.25, 0.3) is 10.2 Å². The lowest BCUT2D eigenvalue weighted by atomic mass is 10.2. The molecule has 1 unspecified atom stereocenters. The summed E-state index contributed by atoms with van der Waals surface area (Å²) in [6, 6.07) is 6.59. The summed E-state index contributed by atoms with van der Waals surface area (Å²) in [7, 11) is 0. The average Bonchev–Trinajstić information content (AvgIpc) is 3.06. The Morgan fingerprint density at radius 3 is 2.69 bits per heavy atom. The van der Waals surface area contributed by atoms with Gasteiger partial charge in [-0.1, -0.05) is 18.7 Å². The van der Waals surface area contributed by atoms with Crippen LogP contribution in [0.2, 0.25) is 0 Å². The fourth-order valence-corrected chi connectivity index (χ4v) is 4.22. The largest absolute Gasteiger partial charge is 0.324 e. The first-order valence-electron chi connectivity index (χ1n) is 8.10. The highest BCUT2D eigenvalue weighted by Crippen LogP contribution is 2.26. The van der Waals surface area contributed by atoms with E-state index < -0.39 is 6.04 Å². The third-order valence-corrected chi connectivity index (χ3v) is 5.85. The Kier molecular flexibility index (Phi) is 5.43. The summed E-state index contributed by atoms with van der Waals surface area (Å²) < 4.78 is 14.4. The quantitative estimate of drug-likeness (QED) is 0.526. The molecule has 5 nitrogen and oxygen atoms in total. The van der Waals surface area contributed by atoms with Gasteiger partial charge in [0, 0.05) is 10.6 Å². The van der Waals surface area contributed by atoms with Gasteiger partial charge in [-0.25, -0.2) is 9.37 Å². The van der Waals surface area contributed by atoms with Crippen LogP contribution in [0.4, 0.5) is 10.1 Å². The standard InChI is InChI=1S/C18H18FN3O2S2/c1-4-13-9-14-16(26-13)21-18(25-3)22(17(14)24)10(2)15(23)20-12-7-5-11(19)6-8-12/h5-10H,4H2,1-3H3,(H,20,23). The van der Waals surface area contributed by atoms with Gasteiger partial charge >= 0.3 is 0 Å². The number of amides is 1. The lowest BCUT2D eigenvalue weighted by Gasteiger charge is -2.18. The van der Waals surface area contributed by atoms with Crippen LogP contribution in [0.1, 0.15) is 24.8 Å². The van der Waals surface area contributed by atoms with Crippen molar-refractivity contribution in [1.29, 1.82) is 0 Å². The molecule has 0 aliphatic rings. The number of thioether (sulfide) groups is 1. The van der Waals surface area contributed by atoms with Gasteiger partial charge in [-0.3, -0.25) is 14.2 Å². The normalized spacial score (nSPS) is 12.3. The second-order valence-corrected chi connectivity index (χ2v) is 7.62. The second-order valence-electron chi connectivity index (χ2n) is 5.73. The molecule has 1 amide bonds. The van der Waals surface area contributed by atoms with E-state index in [-0.39, 0.29) is 17.3 Å². The Balaban J connectivity index is 1.99. The van der Waals surface area contributed by atoms with Gasteiger partial charge in [-0.05, 0) is 49.9 Å². The van der Waals surface area contributed by atoms with Crippen LogP contribution in [-0.2, 0) is 11.2 Å². The summed E-state index contributed by atoms with van der Waals surface area (Å²) in [6.07, 6.45) is 2.65. The summed E-state index contributed by atoms with van der Waals surface area (Å²) in [5, 5.41) is 3.74. The number of carbonyl (C=O) groups excluding carboxylic acids is 1. The molecule has 1 N–H and O–H groups in total. The van der Waals surface area contributed by atoms with Crippen molar-refractivity contribution in [2.45, 2.75) is 31.5 Å². The SMILES string of the molecule is CCc1cc2c(=O)n(C(C)C(=O)Nc3ccc(F)cc3)c(SC)nc2s1. The number of anilines is 1. The summed E-state index contributed by atoms with van der Waals surface area (Å²) in [6.45, 7) is 3.68. The van der Waals surface area contributed by atoms with Crippen LogP contribution in [0.5, 0.6) is 0 Å². The first kappa shape index (κ1) is 18.6. The molecule has 8 heteroatoms. The molecule has 1 atom stereocenters. The van der Waals surface area contributed by atoms with Crippen molar-refractivity contribution in [3.63, 3.8) is 0 Å². The molecule has 0 aliphatic heterocycles. The van der Waals surface area contributed by atoms with E-state index in [1.54, 1.807) is 6.92 Å². The van der Waals surface area contributed by atoms with Gasteiger partial charge in [0.25, 0.3) is 5.56 Å². The van der Waals surface area contributed by atoms with Gasteiger partial charge in [0.1, 0.15) is 16.7 Å². The van der Waals surface area contributed by atoms with Gasteiger partial charge in [0.15, 0.2) is 5.16 Å². The number of aromatic nitrogens is 2. The predicted molar refractivity (Wildman–Crippen MR) is 105 cm³/mol. The first-order valence-corrected chi connectivity index (χ1v) is 10.1. The lowest BCUT2D eigenvalue weighted by Crippen LogP contribution is -2.33. The molecule has 3 aromatic rings. The molecule has 1 aromatic carbocycles. The van der Waals surface area contributed by atoms with Crippen molar-refractivity contribution < 1.29 is 9.18 Å². The average molecular weight is 391 g/mol. The van der Waals surface area contributed by atoms with Crippen molar-refractivity contribution >= 4 is 44.9 Å². The number of nitrogens with one attached hydrogen (secondary N) is 1. The number of halogens is 1. The van der Waals surface area contributed by atoms with Crippen LogP contribution in [0.3, 0.4) is 0 Å². The maximum Gasteiger partial charge on any atom is 0.263 e. The zero-order valence-electron chi connectivity index (χ0n) is 14.6. The highest BCUT2D eigenvalue weighted by atomic mass is 32.2. The van der Waals surface area contributed by atoms with Crippen molar-refractivity contribution in [3.05, 3.63) is 51.4 Å². The van der Waals surface area contributed by atoms with Crippen LogP contribution in [0.15, 0.2) is 40.3 Å². The van der Waals surface area contributed by atoms with Crippen LogP contribution in [-0.4, -0.2) is 21.7 Å². The molecule has 0 saturated heterocycles. The van der Waals surface area contributed by atoms with E-state index >= 15 is 0 Å². The Labute approximate surface area is 158 Å². The molecule has 3 rings (SSSR count). The molecule has 2 aromatic heterocycles. The Morgan fingerprint density at radius 1 is 1.38 bits per heavy atom. The number of aryl methyl sites for hydroxylation is 1. The van der Waals surface area contributed by atoms with Crippen LogP contribution in [0, 0.1) is 5.82 Å². The van der Waals surface area contributed by atoms with E-state index in [1.807, 2.05) is 19.2 Å². The van der Waals surface area contributed by atoms with Gasteiger partial charge in [0.05, 0.1) is 5.39 Å². The van der Waals surface area contributed by atoms with Gasteiger partial charge in [0.2, 0.25) is 5.91 Å². The van der Waals surface area contributed by atoms with Crippen molar-refractivity contribution in [2.75, 3.05) is 11.6 Å². The van der Waals surface area contributed by atoms with Gasteiger partial charge < -0.3 is 5.32 Å². The molecule has 0 spiro atoms. The third kappa shape index (κ3) is 3.52. The predicted octanol–water partition coefficient (Wildman–Crippen LogP) is 4.08. The topological polar surface area (TPSA) is 64.0 Å². The Morgan fingerprint density at radius 2 is 2.08 bits per heavy atom. The zero-order valence-corrected chi connectivity index (χ0v) is 16.2. The van der Waals surface area contributed by atoms with Crippen molar-refractivity contribution in [3.8, 4) is 0 Å². The third-order valence-electron chi connectivity index (χ3n) is 4.03. The van der Waals surface area contributed by atoms with E-state index in [1.165, 1.54) is 51.9 Å². The summed E-state index contributed by atoms with van der Waals surface area (Å²) in [5.41, 5.74) is 0.247. The first-order chi connectivity index (χ1) is 12.4. The van der Waals surface area contributed by atoms with E-state index in [0.717, 1.165) is 11.3 Å². The molecule has 0 fully saturated rings. The molecule has 0 saturated carbocycles. The number of hydrogen-bond donors (Lipinski definition) is 1. The number of benzene rings is 1. The summed E-state index contributed by atoms with van der Waals surface area (Å²) >= 11 is 2.82. The van der Waals surface area contributed by atoms with Crippen LogP contribution < -0.4 is 10.9 Å². The second kappa shape index (κ2) is 7.59. The summed E-state index contributed by atoms with van der Waals surface area (Å²) in [5.74, 6) is -0.739. The molecule has 0 aliphatic carbocycles. The monoisotopic (exact) mass is 391 g/mol. The number of thiophene rings is 1. The highest BCUT2D eigenvalue weighted by molar-refractivity contribution is 7.98. The number of fused-ring (bicyclic) bond motifs is 1. The number of hydrogen-bond acceptors (Lipinski definition) is 5. The van der Waals surface area contributed by atoms with Crippen LogP contribution >= 0.6 is 23.1 Å². The zero-order chi connectivity index (χ0) is 18.8. The fourth-order valence-electron chi connectivity index (χ4n) is 2.58. The number of nitrogens with zero attached hydrogens (tertiary/aromatic N) is 2. The Bertz CT molecular complexity index is 1010. The molecular formula is C18H18FN3O2S2. The number of rotatable bonds is 5. The van der Waals surface area contributed by atoms with E-state index in [4.69, 9.17) is 0 Å². The minimum absolute atomic E-state index is 0.225.